The summed E-state index contributed by atoms with van der Waals surface area (Å²) in [5, 5.41) is 7.05. The van der Waals surface area contributed by atoms with E-state index < -0.39 is 9.84 Å². The van der Waals surface area contributed by atoms with Crippen LogP contribution in [0.3, 0.4) is 0 Å². The lowest BCUT2D eigenvalue weighted by atomic mass is 10.1. The van der Waals surface area contributed by atoms with E-state index in [1.807, 2.05) is 30.3 Å². The number of carbonyl (C=O) groups excluding carboxylic acids is 1. The monoisotopic (exact) mass is 333 g/mol. The molecule has 1 fully saturated rings. The van der Waals surface area contributed by atoms with Gasteiger partial charge in [0.2, 0.25) is 5.91 Å². The Balaban J connectivity index is 1.69. The van der Waals surface area contributed by atoms with Crippen LogP contribution in [0.2, 0.25) is 0 Å². The first kappa shape index (κ1) is 15.7. The summed E-state index contributed by atoms with van der Waals surface area (Å²) < 4.78 is 24.6. The van der Waals surface area contributed by atoms with Crippen LogP contribution in [-0.4, -0.2) is 36.1 Å². The Hall–Kier alpha value is -2.15. The number of aromatic nitrogens is 2. The summed E-state index contributed by atoms with van der Waals surface area (Å²) in [5.74, 6) is 0.478. The molecule has 0 unspecified atom stereocenters. The highest BCUT2D eigenvalue weighted by Gasteiger charge is 2.46. The first-order chi connectivity index (χ1) is 10.9. The van der Waals surface area contributed by atoms with Crippen molar-refractivity contribution in [3.05, 3.63) is 42.6 Å². The molecule has 1 heterocycles. The van der Waals surface area contributed by atoms with Gasteiger partial charge in [0, 0.05) is 18.7 Å². The van der Waals surface area contributed by atoms with Gasteiger partial charge >= 0.3 is 0 Å². The summed E-state index contributed by atoms with van der Waals surface area (Å²) in [6, 6.07) is 11.2. The average Bonchev–Trinajstić information content (AvgIpc) is 3.04. The van der Waals surface area contributed by atoms with Gasteiger partial charge in [0.25, 0.3) is 0 Å². The average molecular weight is 333 g/mol. The summed E-state index contributed by atoms with van der Waals surface area (Å²) in [6.45, 7) is 0. The van der Waals surface area contributed by atoms with Gasteiger partial charge in [0.1, 0.15) is 15.7 Å². The second-order valence-electron chi connectivity index (χ2n) is 6.26. The molecular weight excluding hydrogens is 314 g/mol. The van der Waals surface area contributed by atoms with Crippen LogP contribution in [0, 0.1) is 5.41 Å². The van der Waals surface area contributed by atoms with Crippen molar-refractivity contribution in [2.45, 2.75) is 19.3 Å². The fourth-order valence-electron chi connectivity index (χ4n) is 2.81. The molecule has 1 aromatic carbocycles. The Bertz CT molecular complexity index is 808. The van der Waals surface area contributed by atoms with E-state index in [-0.39, 0.29) is 23.5 Å². The number of anilines is 1. The number of amides is 1. The van der Waals surface area contributed by atoms with E-state index in [2.05, 4.69) is 10.4 Å². The molecule has 0 aliphatic heterocycles. The molecule has 0 radical (unpaired) electrons. The predicted octanol–water partition coefficient (Wildman–Crippen LogP) is 2.03. The van der Waals surface area contributed by atoms with Gasteiger partial charge in [-0.2, -0.15) is 5.10 Å². The molecule has 1 amide bonds. The highest BCUT2D eigenvalue weighted by molar-refractivity contribution is 7.90. The normalized spacial score (nSPS) is 16.0. The van der Waals surface area contributed by atoms with Gasteiger partial charge in [-0.1, -0.05) is 18.2 Å². The molecule has 1 saturated carbocycles. The standard InChI is InChI=1S/C16H19N3O3S/c1-23(21,22)12-16(8-9-16)11-15(20)18-14-7-10-17-19(14)13-5-3-2-4-6-13/h2-7,10H,8-9,11-12H2,1H3,(H,18,20). The van der Waals surface area contributed by atoms with E-state index in [0.29, 0.717) is 5.82 Å². The Labute approximate surface area is 135 Å². The van der Waals surface area contributed by atoms with Crippen LogP contribution in [0.5, 0.6) is 0 Å². The fraction of sp³-hybridized carbons (Fsp3) is 0.375. The largest absolute Gasteiger partial charge is 0.311 e. The minimum absolute atomic E-state index is 0.0748. The fourth-order valence-corrected chi connectivity index (χ4v) is 4.31. The number of hydrogen-bond acceptors (Lipinski definition) is 4. The van der Waals surface area contributed by atoms with Gasteiger partial charge in [-0.3, -0.25) is 4.79 Å². The first-order valence-corrected chi connectivity index (χ1v) is 9.50. The molecule has 0 saturated heterocycles. The number of nitrogens with zero attached hydrogens (tertiary/aromatic N) is 2. The minimum Gasteiger partial charge on any atom is -0.311 e. The van der Waals surface area contributed by atoms with Gasteiger partial charge in [0.15, 0.2) is 0 Å². The predicted molar refractivity (Wildman–Crippen MR) is 88.2 cm³/mol. The Morgan fingerprint density at radius 2 is 1.96 bits per heavy atom. The number of nitrogens with one attached hydrogen (secondary N) is 1. The maximum Gasteiger partial charge on any atom is 0.226 e. The van der Waals surface area contributed by atoms with E-state index in [1.54, 1.807) is 16.9 Å². The highest BCUT2D eigenvalue weighted by atomic mass is 32.2. The van der Waals surface area contributed by atoms with Crippen molar-refractivity contribution in [1.82, 2.24) is 9.78 Å². The Morgan fingerprint density at radius 3 is 2.57 bits per heavy atom. The maximum absolute atomic E-state index is 12.3. The number of rotatable bonds is 6. The maximum atomic E-state index is 12.3. The molecular formula is C16H19N3O3S. The molecule has 2 aromatic rings. The molecule has 0 atom stereocenters. The zero-order chi connectivity index (χ0) is 16.5. The number of hydrogen-bond donors (Lipinski definition) is 1. The Kier molecular flexibility index (Phi) is 3.97. The zero-order valence-electron chi connectivity index (χ0n) is 12.9. The number of para-hydroxylation sites is 1. The van der Waals surface area contributed by atoms with Crippen LogP contribution in [0.1, 0.15) is 19.3 Å². The van der Waals surface area contributed by atoms with Crippen molar-refractivity contribution < 1.29 is 13.2 Å². The molecule has 1 aromatic heterocycles. The van der Waals surface area contributed by atoms with E-state index >= 15 is 0 Å². The van der Waals surface area contributed by atoms with Gasteiger partial charge in [-0.15, -0.1) is 0 Å². The van der Waals surface area contributed by atoms with Crippen LogP contribution in [-0.2, 0) is 14.6 Å². The molecule has 23 heavy (non-hydrogen) atoms. The summed E-state index contributed by atoms with van der Waals surface area (Å²) in [4.78, 5) is 12.3. The quantitative estimate of drug-likeness (QED) is 0.877. The van der Waals surface area contributed by atoms with Crippen LogP contribution >= 0.6 is 0 Å². The van der Waals surface area contributed by atoms with E-state index in [4.69, 9.17) is 0 Å². The zero-order valence-corrected chi connectivity index (χ0v) is 13.7. The molecule has 1 aliphatic carbocycles. The highest BCUT2D eigenvalue weighted by Crippen LogP contribution is 2.49. The van der Waals surface area contributed by atoms with Crippen molar-refractivity contribution >= 4 is 21.6 Å². The molecule has 1 aliphatic rings. The van der Waals surface area contributed by atoms with E-state index in [1.165, 1.54) is 6.26 Å². The van der Waals surface area contributed by atoms with Gasteiger partial charge < -0.3 is 5.32 Å². The number of sulfone groups is 1. The van der Waals surface area contributed by atoms with Crippen molar-refractivity contribution in [3.63, 3.8) is 0 Å². The number of carbonyl (C=O) groups is 1. The SMILES string of the molecule is CS(=O)(=O)CC1(CC(=O)Nc2ccnn2-c2ccccc2)CC1. The molecule has 6 nitrogen and oxygen atoms in total. The van der Waals surface area contributed by atoms with Gasteiger partial charge in [0.05, 0.1) is 17.6 Å². The van der Waals surface area contributed by atoms with Gasteiger partial charge in [-0.05, 0) is 30.4 Å². The lowest BCUT2D eigenvalue weighted by Gasteiger charge is -2.14. The van der Waals surface area contributed by atoms with Crippen LogP contribution < -0.4 is 5.32 Å². The molecule has 7 heteroatoms. The number of benzene rings is 1. The smallest absolute Gasteiger partial charge is 0.226 e. The summed E-state index contributed by atoms with van der Waals surface area (Å²) >= 11 is 0. The van der Waals surface area contributed by atoms with E-state index in [9.17, 15) is 13.2 Å². The lowest BCUT2D eigenvalue weighted by Crippen LogP contribution is -2.24. The topological polar surface area (TPSA) is 81.1 Å². The summed E-state index contributed by atoms with van der Waals surface area (Å²) in [6.07, 6.45) is 4.62. The van der Waals surface area contributed by atoms with Crippen LogP contribution in [0.15, 0.2) is 42.6 Å². The van der Waals surface area contributed by atoms with Crippen molar-refractivity contribution in [1.29, 1.82) is 0 Å². The lowest BCUT2D eigenvalue weighted by molar-refractivity contribution is -0.117. The van der Waals surface area contributed by atoms with Crippen LogP contribution in [0.25, 0.3) is 5.69 Å². The molecule has 0 bridgehead atoms. The van der Waals surface area contributed by atoms with Crippen LogP contribution in [0.4, 0.5) is 5.82 Å². The van der Waals surface area contributed by atoms with Gasteiger partial charge in [-0.25, -0.2) is 13.1 Å². The molecule has 0 spiro atoms. The summed E-state index contributed by atoms with van der Waals surface area (Å²) in [7, 11) is -3.08. The third-order valence-electron chi connectivity index (χ3n) is 3.97. The van der Waals surface area contributed by atoms with Crippen molar-refractivity contribution in [3.8, 4) is 5.69 Å². The summed E-state index contributed by atoms with van der Waals surface area (Å²) in [5.41, 5.74) is 0.472. The first-order valence-electron chi connectivity index (χ1n) is 7.44. The second-order valence-corrected chi connectivity index (χ2v) is 8.40. The third-order valence-corrected chi connectivity index (χ3v) is 5.11. The molecule has 122 valence electrons. The second kappa shape index (κ2) is 5.81. The Morgan fingerprint density at radius 1 is 1.26 bits per heavy atom. The van der Waals surface area contributed by atoms with E-state index in [0.717, 1.165) is 18.5 Å². The molecule has 1 N–H and O–H groups in total. The van der Waals surface area contributed by atoms with Crippen molar-refractivity contribution in [2.75, 3.05) is 17.3 Å². The third kappa shape index (κ3) is 3.98. The van der Waals surface area contributed by atoms with Crippen molar-refractivity contribution in [2.24, 2.45) is 5.41 Å². The minimum atomic E-state index is -3.08. The molecule has 3 rings (SSSR count).